The fourth-order valence-corrected chi connectivity index (χ4v) is 3.32. The molecule has 0 heteroatoms. The molecule has 0 bridgehead atoms. The monoisotopic (exact) mass is 352 g/mol. The summed E-state index contributed by atoms with van der Waals surface area (Å²) in [6.07, 6.45) is 5.25. The molecule has 0 nitrogen and oxygen atoms in total. The summed E-state index contributed by atoms with van der Waals surface area (Å²) in [5.41, 5.74) is 4.05. The summed E-state index contributed by atoms with van der Waals surface area (Å²) < 4.78 is 0. The minimum absolute atomic E-state index is 1.24. The largest absolute Gasteiger partial charge is 0.0654 e. The summed E-state index contributed by atoms with van der Waals surface area (Å²) in [6.45, 7) is 2.24. The smallest absolute Gasteiger partial charge is 0.0105 e. The van der Waals surface area contributed by atoms with E-state index in [1.165, 1.54) is 53.1 Å². The number of hydrogen-bond acceptors (Lipinski definition) is 0. The predicted molar refractivity (Wildman–Crippen MR) is 119 cm³/mol. The molecule has 0 unspecified atom stereocenters. The van der Waals surface area contributed by atoms with Gasteiger partial charge >= 0.3 is 0 Å². The molecule has 0 amide bonds. The maximum absolute atomic E-state index is 2.24. The van der Waals surface area contributed by atoms with Gasteiger partial charge in [-0.15, -0.1) is 0 Å². The topological polar surface area (TPSA) is 0 Å². The highest BCUT2D eigenvalue weighted by Crippen LogP contribution is 2.27. The Kier molecular flexibility index (Phi) is 7.24. The molecule has 27 heavy (non-hydrogen) atoms. The quantitative estimate of drug-likeness (QED) is 0.320. The van der Waals surface area contributed by atoms with Crippen LogP contribution in [0.3, 0.4) is 0 Å². The minimum Gasteiger partial charge on any atom is -0.0654 e. The van der Waals surface area contributed by atoms with Crippen LogP contribution in [0.15, 0.2) is 103 Å². The van der Waals surface area contributed by atoms with Crippen molar-refractivity contribution in [3.8, 4) is 11.1 Å². The Morgan fingerprint density at radius 1 is 0.556 bits per heavy atom. The Hall–Kier alpha value is -2.86. The third kappa shape index (κ3) is 5.56. The van der Waals surface area contributed by atoms with E-state index in [0.29, 0.717) is 0 Å². The van der Waals surface area contributed by atoms with Crippen molar-refractivity contribution in [2.75, 3.05) is 0 Å². The fraction of sp³-hybridized carbons (Fsp3) is 0.185. The molecule has 136 valence electrons. The second-order valence-electron chi connectivity index (χ2n) is 6.84. The van der Waals surface area contributed by atoms with Crippen LogP contribution in [0, 0.1) is 0 Å². The molecule has 0 saturated carbocycles. The van der Waals surface area contributed by atoms with Gasteiger partial charge in [-0.3, -0.25) is 0 Å². The van der Waals surface area contributed by atoms with Crippen molar-refractivity contribution in [1.82, 2.24) is 0 Å². The third-order valence-corrected chi connectivity index (χ3v) is 4.79. The first-order valence-corrected chi connectivity index (χ1v) is 9.95. The first kappa shape index (κ1) is 18.9. The van der Waals surface area contributed by atoms with Crippen LogP contribution >= 0.6 is 0 Å². The second kappa shape index (κ2) is 10.3. The lowest BCUT2D eigenvalue weighted by Crippen LogP contribution is -1.83. The second-order valence-corrected chi connectivity index (χ2v) is 6.84. The van der Waals surface area contributed by atoms with Gasteiger partial charge in [-0.1, -0.05) is 123 Å². The predicted octanol–water partition coefficient (Wildman–Crippen LogP) is 7.93. The van der Waals surface area contributed by atoms with E-state index in [1.54, 1.807) is 0 Å². The lowest BCUT2D eigenvalue weighted by atomic mass is 9.98. The summed E-state index contributed by atoms with van der Waals surface area (Å²) in [4.78, 5) is 0. The van der Waals surface area contributed by atoms with Crippen molar-refractivity contribution in [3.05, 3.63) is 109 Å². The van der Waals surface area contributed by atoms with Gasteiger partial charge in [-0.05, 0) is 40.3 Å². The zero-order chi connectivity index (χ0) is 18.7. The first-order valence-electron chi connectivity index (χ1n) is 9.95. The van der Waals surface area contributed by atoms with Crippen LogP contribution < -0.4 is 0 Å². The van der Waals surface area contributed by atoms with Crippen LogP contribution in [0.4, 0.5) is 0 Å². The molecule has 4 rings (SSSR count). The molecule has 0 aliphatic heterocycles. The molecule has 0 spiro atoms. The average Bonchev–Trinajstić information content (AvgIpc) is 2.75. The Bertz CT molecular complexity index is 918. The van der Waals surface area contributed by atoms with Crippen molar-refractivity contribution >= 4 is 10.8 Å². The lowest BCUT2D eigenvalue weighted by Gasteiger charge is -2.06. The van der Waals surface area contributed by atoms with E-state index in [0.717, 1.165) is 0 Å². The average molecular weight is 353 g/mol. The van der Waals surface area contributed by atoms with E-state index in [9.17, 15) is 0 Å². The molecule has 0 heterocycles. The SMILES string of the molecule is CCCCCc1ccccc1.c1ccc(-c2cccc3ccccc23)cc1. The highest BCUT2D eigenvalue weighted by Gasteiger charge is 2.01. The van der Waals surface area contributed by atoms with Gasteiger partial charge in [0.2, 0.25) is 0 Å². The number of aryl methyl sites for hydroxylation is 1. The van der Waals surface area contributed by atoms with E-state index in [4.69, 9.17) is 0 Å². The van der Waals surface area contributed by atoms with Gasteiger partial charge in [0.05, 0.1) is 0 Å². The van der Waals surface area contributed by atoms with Crippen molar-refractivity contribution in [2.24, 2.45) is 0 Å². The van der Waals surface area contributed by atoms with Gasteiger partial charge in [0, 0.05) is 0 Å². The standard InChI is InChI=1S/C16H12.C11H16/c1-2-7-13(8-3-1)16-12-6-10-14-9-4-5-11-15(14)16;1-2-3-5-8-11-9-6-4-7-10-11/h1-12H;4,6-7,9-10H,2-3,5,8H2,1H3. The van der Waals surface area contributed by atoms with E-state index in [2.05, 4.69) is 110 Å². The number of rotatable bonds is 5. The number of unbranched alkanes of at least 4 members (excludes halogenated alkanes) is 2. The van der Waals surface area contributed by atoms with Gasteiger partial charge in [0.25, 0.3) is 0 Å². The molecule has 0 saturated heterocycles. The molecule has 4 aromatic rings. The highest BCUT2D eigenvalue weighted by atomic mass is 14.0. The zero-order valence-electron chi connectivity index (χ0n) is 16.1. The molecule has 0 N–H and O–H groups in total. The Labute approximate surface area is 163 Å². The molecule has 4 aromatic carbocycles. The van der Waals surface area contributed by atoms with Gasteiger partial charge < -0.3 is 0 Å². The van der Waals surface area contributed by atoms with Crippen molar-refractivity contribution in [3.63, 3.8) is 0 Å². The van der Waals surface area contributed by atoms with Crippen LogP contribution in [0.2, 0.25) is 0 Å². The molecular formula is C27H28. The van der Waals surface area contributed by atoms with Crippen LogP contribution in [-0.2, 0) is 6.42 Å². The maximum Gasteiger partial charge on any atom is -0.0105 e. The molecule has 0 radical (unpaired) electrons. The molecule has 0 aromatic heterocycles. The Balaban J connectivity index is 0.000000168. The first-order chi connectivity index (χ1) is 13.4. The highest BCUT2D eigenvalue weighted by molar-refractivity contribution is 5.96. The summed E-state index contributed by atoms with van der Waals surface area (Å²) in [6, 6.07) is 36.2. The van der Waals surface area contributed by atoms with Crippen LogP contribution in [0.5, 0.6) is 0 Å². The summed E-state index contributed by atoms with van der Waals surface area (Å²) in [5, 5.41) is 2.61. The van der Waals surface area contributed by atoms with Crippen molar-refractivity contribution < 1.29 is 0 Å². The molecular weight excluding hydrogens is 324 g/mol. The van der Waals surface area contributed by atoms with Crippen molar-refractivity contribution in [2.45, 2.75) is 32.6 Å². The summed E-state index contributed by atoms with van der Waals surface area (Å²) >= 11 is 0. The summed E-state index contributed by atoms with van der Waals surface area (Å²) in [5.74, 6) is 0. The van der Waals surface area contributed by atoms with E-state index in [1.807, 2.05) is 0 Å². The number of hydrogen-bond donors (Lipinski definition) is 0. The normalized spacial score (nSPS) is 10.3. The Morgan fingerprint density at radius 3 is 1.93 bits per heavy atom. The van der Waals surface area contributed by atoms with E-state index in [-0.39, 0.29) is 0 Å². The number of benzene rings is 4. The fourth-order valence-electron chi connectivity index (χ4n) is 3.32. The van der Waals surface area contributed by atoms with E-state index >= 15 is 0 Å². The zero-order valence-corrected chi connectivity index (χ0v) is 16.1. The van der Waals surface area contributed by atoms with Crippen LogP contribution in [0.1, 0.15) is 31.7 Å². The van der Waals surface area contributed by atoms with Crippen LogP contribution in [0.25, 0.3) is 21.9 Å². The third-order valence-electron chi connectivity index (χ3n) is 4.79. The molecule has 0 aliphatic rings. The maximum atomic E-state index is 2.24. The Morgan fingerprint density at radius 2 is 1.19 bits per heavy atom. The van der Waals surface area contributed by atoms with Gasteiger partial charge in [0.15, 0.2) is 0 Å². The van der Waals surface area contributed by atoms with Gasteiger partial charge in [0.1, 0.15) is 0 Å². The molecule has 0 aliphatic carbocycles. The van der Waals surface area contributed by atoms with Crippen LogP contribution in [-0.4, -0.2) is 0 Å². The number of fused-ring (bicyclic) bond motifs is 1. The lowest BCUT2D eigenvalue weighted by molar-refractivity contribution is 0.717. The summed E-state index contributed by atoms with van der Waals surface area (Å²) in [7, 11) is 0. The molecule has 0 fully saturated rings. The van der Waals surface area contributed by atoms with Gasteiger partial charge in [-0.2, -0.15) is 0 Å². The van der Waals surface area contributed by atoms with Crippen molar-refractivity contribution in [1.29, 1.82) is 0 Å². The van der Waals surface area contributed by atoms with E-state index < -0.39 is 0 Å². The molecule has 0 atom stereocenters. The van der Waals surface area contributed by atoms with Gasteiger partial charge in [-0.25, -0.2) is 0 Å². The minimum atomic E-state index is 1.24.